The zero-order valence-corrected chi connectivity index (χ0v) is 16.4. The second kappa shape index (κ2) is 6.78. The average molecular weight is 403 g/mol. The number of fused-ring (bicyclic) bond motifs is 3. The Labute approximate surface area is 169 Å². The van der Waals surface area contributed by atoms with Gasteiger partial charge in [-0.2, -0.15) is 5.10 Å². The molecule has 0 aromatic carbocycles. The predicted octanol–water partition coefficient (Wildman–Crippen LogP) is 2.36. The molecule has 29 heavy (non-hydrogen) atoms. The zero-order chi connectivity index (χ0) is 20.0. The minimum atomic E-state index is -0.175. The normalized spacial score (nSPS) is 11.5. The Balaban J connectivity index is 1.57. The molecule has 0 radical (unpaired) electrons. The molecule has 0 aliphatic carbocycles. The van der Waals surface area contributed by atoms with Gasteiger partial charge in [-0.3, -0.25) is 9.78 Å². The second-order valence-electron chi connectivity index (χ2n) is 6.74. The molecule has 5 heterocycles. The molecule has 144 valence electrons. The first-order valence-corrected chi connectivity index (χ1v) is 9.87. The number of nitrogen functional groups attached to an aromatic ring is 1. The molecule has 0 bridgehead atoms. The largest absolute Gasteiger partial charge is 0.384 e. The van der Waals surface area contributed by atoms with Crippen LogP contribution in [0.2, 0.25) is 0 Å². The third-order valence-electron chi connectivity index (χ3n) is 4.77. The van der Waals surface area contributed by atoms with Crippen LogP contribution in [0.15, 0.2) is 53.6 Å². The Morgan fingerprint density at radius 2 is 1.97 bits per heavy atom. The third-order valence-corrected chi connectivity index (χ3v) is 5.85. The Morgan fingerprint density at radius 1 is 1.10 bits per heavy atom. The number of pyridine rings is 2. The highest BCUT2D eigenvalue weighted by molar-refractivity contribution is 7.19. The van der Waals surface area contributed by atoms with Crippen molar-refractivity contribution in [2.45, 2.75) is 13.0 Å². The van der Waals surface area contributed by atoms with E-state index in [1.54, 1.807) is 29.8 Å². The average Bonchev–Trinajstić information content (AvgIpc) is 3.23. The molecule has 0 saturated heterocycles. The molecule has 2 N–H and O–H groups in total. The Hall–Kier alpha value is -3.59. The molecule has 0 fully saturated rings. The van der Waals surface area contributed by atoms with Crippen molar-refractivity contribution in [1.29, 1.82) is 0 Å². The van der Waals surface area contributed by atoms with Crippen LogP contribution >= 0.6 is 11.3 Å². The molecule has 0 amide bonds. The van der Waals surface area contributed by atoms with Crippen molar-refractivity contribution in [2.75, 3.05) is 5.73 Å². The van der Waals surface area contributed by atoms with Crippen LogP contribution in [0.5, 0.6) is 0 Å². The van der Waals surface area contributed by atoms with E-state index < -0.39 is 0 Å². The molecule has 0 unspecified atom stereocenters. The Bertz CT molecular complexity index is 1400. The smallest absolute Gasteiger partial charge is 0.291 e. The molecule has 0 saturated carbocycles. The fraction of sp³-hybridized carbons (Fsp3) is 0.150. The van der Waals surface area contributed by atoms with Crippen molar-refractivity contribution >= 4 is 38.4 Å². The third kappa shape index (κ3) is 3.05. The van der Waals surface area contributed by atoms with Crippen molar-refractivity contribution in [2.24, 2.45) is 7.05 Å². The SMILES string of the molecule is Cn1c2nc(Cc3ccccn3)sc2c2cnn(Cc3cccc(N)n3)c(=O)c21. The van der Waals surface area contributed by atoms with Gasteiger partial charge in [0.15, 0.2) is 5.65 Å². The molecule has 0 aliphatic heterocycles. The highest BCUT2D eigenvalue weighted by Gasteiger charge is 2.18. The Morgan fingerprint density at radius 3 is 2.76 bits per heavy atom. The van der Waals surface area contributed by atoms with Gasteiger partial charge in [0, 0.05) is 30.7 Å². The summed E-state index contributed by atoms with van der Waals surface area (Å²) in [5, 5.41) is 6.14. The lowest BCUT2D eigenvalue weighted by Gasteiger charge is -2.05. The maximum atomic E-state index is 13.1. The lowest BCUT2D eigenvalue weighted by molar-refractivity contribution is 0.633. The fourth-order valence-corrected chi connectivity index (χ4v) is 4.54. The number of thiazole rings is 1. The first-order valence-electron chi connectivity index (χ1n) is 9.05. The summed E-state index contributed by atoms with van der Waals surface area (Å²) in [4.78, 5) is 26.4. The van der Waals surface area contributed by atoms with Crippen LogP contribution in [-0.4, -0.2) is 29.3 Å². The van der Waals surface area contributed by atoms with Crippen LogP contribution in [-0.2, 0) is 20.0 Å². The number of nitrogens with two attached hydrogens (primary N) is 1. The van der Waals surface area contributed by atoms with Crippen molar-refractivity contribution in [3.63, 3.8) is 0 Å². The standard InChI is InChI=1S/C20H17N7OS/c1-26-17-14(10-23-27(20(17)28)11-13-6-4-7-15(21)24-13)18-19(26)25-16(29-18)9-12-5-2-3-8-22-12/h2-8,10H,9,11H2,1H3,(H2,21,24). The summed E-state index contributed by atoms with van der Waals surface area (Å²) in [5.41, 5.74) is 8.58. The minimum Gasteiger partial charge on any atom is -0.384 e. The number of aryl methyl sites for hydroxylation is 1. The molecule has 9 heteroatoms. The second-order valence-corrected chi connectivity index (χ2v) is 7.82. The summed E-state index contributed by atoms with van der Waals surface area (Å²) in [6.07, 6.45) is 4.17. The number of nitrogens with zero attached hydrogens (tertiary/aromatic N) is 6. The summed E-state index contributed by atoms with van der Waals surface area (Å²) >= 11 is 1.57. The van der Waals surface area contributed by atoms with Crippen LogP contribution < -0.4 is 11.3 Å². The van der Waals surface area contributed by atoms with E-state index in [9.17, 15) is 4.79 Å². The summed E-state index contributed by atoms with van der Waals surface area (Å²) in [5.74, 6) is 0.417. The number of aromatic nitrogens is 6. The number of anilines is 1. The van der Waals surface area contributed by atoms with Crippen LogP contribution in [0, 0.1) is 0 Å². The molecular weight excluding hydrogens is 386 g/mol. The zero-order valence-electron chi connectivity index (χ0n) is 15.6. The summed E-state index contributed by atoms with van der Waals surface area (Å²) in [7, 11) is 1.86. The monoisotopic (exact) mass is 403 g/mol. The first-order chi connectivity index (χ1) is 14.1. The molecule has 8 nitrogen and oxygen atoms in total. The van der Waals surface area contributed by atoms with Crippen LogP contribution in [0.25, 0.3) is 21.3 Å². The first kappa shape index (κ1) is 17.5. The van der Waals surface area contributed by atoms with E-state index in [4.69, 9.17) is 10.7 Å². The molecule has 5 aromatic rings. The van der Waals surface area contributed by atoms with Crippen LogP contribution in [0.4, 0.5) is 5.82 Å². The highest BCUT2D eigenvalue weighted by Crippen LogP contribution is 2.31. The number of hydrogen-bond donors (Lipinski definition) is 1. The molecule has 5 aromatic heterocycles. The number of hydrogen-bond acceptors (Lipinski definition) is 7. The van der Waals surface area contributed by atoms with Gasteiger partial charge in [0.1, 0.15) is 16.3 Å². The van der Waals surface area contributed by atoms with Gasteiger partial charge < -0.3 is 10.3 Å². The fourth-order valence-electron chi connectivity index (χ4n) is 3.42. The lowest BCUT2D eigenvalue weighted by atomic mass is 10.3. The van der Waals surface area contributed by atoms with E-state index in [1.165, 1.54) is 4.68 Å². The van der Waals surface area contributed by atoms with Gasteiger partial charge >= 0.3 is 0 Å². The van der Waals surface area contributed by atoms with E-state index in [0.717, 1.165) is 26.4 Å². The number of rotatable bonds is 4. The topological polar surface area (TPSA) is 105 Å². The van der Waals surface area contributed by atoms with E-state index >= 15 is 0 Å². The quantitative estimate of drug-likeness (QED) is 0.494. The molecule has 0 aliphatic rings. The maximum Gasteiger partial charge on any atom is 0.291 e. The molecule has 0 spiro atoms. The van der Waals surface area contributed by atoms with Gasteiger partial charge in [0.25, 0.3) is 5.56 Å². The van der Waals surface area contributed by atoms with Crippen molar-refractivity contribution in [1.82, 2.24) is 29.3 Å². The van der Waals surface area contributed by atoms with Crippen LogP contribution in [0.1, 0.15) is 16.4 Å². The van der Waals surface area contributed by atoms with Gasteiger partial charge in [-0.25, -0.2) is 14.6 Å². The molecule has 5 rings (SSSR count). The summed E-state index contributed by atoms with van der Waals surface area (Å²) < 4.78 is 4.21. The minimum absolute atomic E-state index is 0.175. The van der Waals surface area contributed by atoms with Crippen molar-refractivity contribution < 1.29 is 0 Å². The summed E-state index contributed by atoms with van der Waals surface area (Å²) in [6, 6.07) is 11.2. The van der Waals surface area contributed by atoms with Gasteiger partial charge in [0.05, 0.1) is 23.1 Å². The van der Waals surface area contributed by atoms with Gasteiger partial charge in [-0.05, 0) is 24.3 Å². The molecular formula is C20H17N7OS. The summed E-state index contributed by atoms with van der Waals surface area (Å²) in [6.45, 7) is 0.261. The van der Waals surface area contributed by atoms with Gasteiger partial charge in [-0.1, -0.05) is 12.1 Å². The van der Waals surface area contributed by atoms with Crippen LogP contribution in [0.3, 0.4) is 0 Å². The van der Waals surface area contributed by atoms with Crippen molar-refractivity contribution in [3.05, 3.63) is 75.5 Å². The maximum absolute atomic E-state index is 13.1. The predicted molar refractivity (Wildman–Crippen MR) is 113 cm³/mol. The molecule has 0 atom stereocenters. The van der Waals surface area contributed by atoms with Gasteiger partial charge in [0.2, 0.25) is 0 Å². The Kier molecular flexibility index (Phi) is 4.09. The van der Waals surface area contributed by atoms with E-state index in [2.05, 4.69) is 15.1 Å². The lowest BCUT2D eigenvalue weighted by Crippen LogP contribution is -2.25. The van der Waals surface area contributed by atoms with E-state index in [1.807, 2.05) is 41.9 Å². The van der Waals surface area contributed by atoms with E-state index in [-0.39, 0.29) is 12.1 Å². The highest BCUT2D eigenvalue weighted by atomic mass is 32.1. The van der Waals surface area contributed by atoms with Crippen molar-refractivity contribution in [3.8, 4) is 0 Å². The van der Waals surface area contributed by atoms with E-state index in [0.29, 0.717) is 23.4 Å². The van der Waals surface area contributed by atoms with Gasteiger partial charge in [-0.15, -0.1) is 11.3 Å².